The highest BCUT2D eigenvalue weighted by Crippen LogP contribution is 1.92. The van der Waals surface area contributed by atoms with Gasteiger partial charge in [-0.15, -0.1) is 11.6 Å². The summed E-state index contributed by atoms with van der Waals surface area (Å²) in [6, 6.07) is 0. The third kappa shape index (κ3) is 2.42. The van der Waals surface area contributed by atoms with E-state index in [1.807, 2.05) is 0 Å². The summed E-state index contributed by atoms with van der Waals surface area (Å²) < 4.78 is 0. The zero-order valence-corrected chi connectivity index (χ0v) is 4.61. The van der Waals surface area contributed by atoms with Gasteiger partial charge in [0.05, 0.1) is 0 Å². The first kappa shape index (κ1) is 6.72. The lowest BCUT2D eigenvalue weighted by atomic mass is 10.5. The lowest BCUT2D eigenvalue weighted by Gasteiger charge is -1.94. The summed E-state index contributed by atoms with van der Waals surface area (Å²) in [4.78, 5) is 13.8. The number of nitrogens with two attached hydrogens (primary N) is 1. The van der Waals surface area contributed by atoms with Gasteiger partial charge in [0.1, 0.15) is 5.38 Å². The molecule has 7 heavy (non-hydrogen) atoms. The number of rotatable bonds is 1. The minimum Gasteiger partial charge on any atom is -0.372 e. The van der Waals surface area contributed by atoms with Crippen LogP contribution in [0.1, 0.15) is 6.92 Å². The zero-order chi connectivity index (χ0) is 5.86. The maximum absolute atomic E-state index is 10.0. The molecule has 0 bridgehead atoms. The summed E-state index contributed by atoms with van der Waals surface area (Å²) in [5, 5.41) is -0.648. The van der Waals surface area contributed by atoms with Crippen LogP contribution < -0.4 is 5.90 Å². The van der Waals surface area contributed by atoms with Crippen LogP contribution in [0.3, 0.4) is 0 Å². The largest absolute Gasteiger partial charge is 0.372 e. The van der Waals surface area contributed by atoms with Gasteiger partial charge in [0.25, 0.3) is 0 Å². The van der Waals surface area contributed by atoms with Crippen LogP contribution in [0.4, 0.5) is 0 Å². The molecule has 0 aromatic rings. The number of carbonyl (C=O) groups is 1. The molecular formula is C3H6ClNO2. The minimum absolute atomic E-state index is 0.610. The number of hydrogen-bond donors (Lipinski definition) is 1. The molecule has 0 heterocycles. The molecule has 1 unspecified atom stereocenters. The summed E-state index contributed by atoms with van der Waals surface area (Å²) in [5.74, 6) is 3.83. The predicted molar refractivity (Wildman–Crippen MR) is 25.6 cm³/mol. The van der Waals surface area contributed by atoms with Crippen molar-refractivity contribution >= 4 is 17.6 Å². The Labute approximate surface area is 46.3 Å². The van der Waals surface area contributed by atoms with Crippen molar-refractivity contribution in [1.82, 2.24) is 0 Å². The second-order valence-corrected chi connectivity index (χ2v) is 1.71. The second-order valence-electron chi connectivity index (χ2n) is 1.05. The van der Waals surface area contributed by atoms with E-state index in [4.69, 9.17) is 11.6 Å². The Morgan fingerprint density at radius 2 is 2.43 bits per heavy atom. The number of carbonyl (C=O) groups excluding carboxylic acids is 1. The van der Waals surface area contributed by atoms with Crippen LogP contribution in [0.25, 0.3) is 0 Å². The van der Waals surface area contributed by atoms with Crippen molar-refractivity contribution in [2.45, 2.75) is 12.3 Å². The fourth-order valence-corrected chi connectivity index (χ4v) is 0.145. The highest BCUT2D eigenvalue weighted by atomic mass is 35.5. The van der Waals surface area contributed by atoms with Crippen LogP contribution in [0.2, 0.25) is 0 Å². The highest BCUT2D eigenvalue weighted by molar-refractivity contribution is 6.29. The summed E-state index contributed by atoms with van der Waals surface area (Å²) in [5.41, 5.74) is 0. The van der Waals surface area contributed by atoms with Gasteiger partial charge in [-0.1, -0.05) is 0 Å². The molecule has 0 aliphatic rings. The lowest BCUT2D eigenvalue weighted by Crippen LogP contribution is -2.17. The zero-order valence-electron chi connectivity index (χ0n) is 3.85. The van der Waals surface area contributed by atoms with E-state index >= 15 is 0 Å². The molecule has 0 rings (SSSR count). The Kier molecular flexibility index (Phi) is 2.71. The van der Waals surface area contributed by atoms with E-state index in [0.717, 1.165) is 0 Å². The van der Waals surface area contributed by atoms with Crippen molar-refractivity contribution in [3.05, 3.63) is 0 Å². The van der Waals surface area contributed by atoms with Gasteiger partial charge in [-0.05, 0) is 6.92 Å². The van der Waals surface area contributed by atoms with Crippen LogP contribution in [-0.4, -0.2) is 11.3 Å². The monoisotopic (exact) mass is 123 g/mol. The van der Waals surface area contributed by atoms with Crippen molar-refractivity contribution < 1.29 is 9.63 Å². The molecule has 0 saturated heterocycles. The topological polar surface area (TPSA) is 52.3 Å². The minimum atomic E-state index is -0.648. The van der Waals surface area contributed by atoms with E-state index in [9.17, 15) is 4.79 Å². The molecule has 0 fully saturated rings. The molecule has 0 radical (unpaired) electrons. The molecule has 0 aliphatic heterocycles. The number of alkyl halides is 1. The summed E-state index contributed by atoms with van der Waals surface area (Å²) in [7, 11) is 0. The first-order chi connectivity index (χ1) is 3.18. The smallest absolute Gasteiger partial charge is 0.342 e. The molecule has 0 aliphatic carbocycles. The van der Waals surface area contributed by atoms with Gasteiger partial charge in [-0.25, -0.2) is 4.79 Å². The molecule has 4 heteroatoms. The van der Waals surface area contributed by atoms with Gasteiger partial charge in [-0.3, -0.25) is 0 Å². The standard InChI is InChI=1S/C3H6ClNO2/c1-2(4)3(6)7-5/h2H,5H2,1H3. The molecule has 2 N–H and O–H groups in total. The first-order valence-electron chi connectivity index (χ1n) is 1.73. The maximum Gasteiger partial charge on any atom is 0.342 e. The fourth-order valence-electron chi connectivity index (χ4n) is 0.0938. The first-order valence-corrected chi connectivity index (χ1v) is 2.16. The molecule has 0 amide bonds. The SMILES string of the molecule is CC(Cl)C(=O)ON. The number of hydrogen-bond acceptors (Lipinski definition) is 3. The Morgan fingerprint density at radius 1 is 2.00 bits per heavy atom. The Hall–Kier alpha value is -0.280. The quantitative estimate of drug-likeness (QED) is 0.395. The van der Waals surface area contributed by atoms with Crippen LogP contribution in [0, 0.1) is 0 Å². The molecule has 1 atom stereocenters. The van der Waals surface area contributed by atoms with E-state index in [0.29, 0.717) is 0 Å². The Morgan fingerprint density at radius 3 is 2.43 bits per heavy atom. The lowest BCUT2D eigenvalue weighted by molar-refractivity contribution is -0.143. The molecule has 42 valence electrons. The van der Waals surface area contributed by atoms with E-state index in [1.165, 1.54) is 6.92 Å². The Balaban J connectivity index is 3.35. The van der Waals surface area contributed by atoms with Crippen molar-refractivity contribution in [2.24, 2.45) is 5.90 Å². The van der Waals surface area contributed by atoms with Crippen LogP contribution in [-0.2, 0) is 9.63 Å². The summed E-state index contributed by atoms with van der Waals surface area (Å²) in [6.45, 7) is 1.48. The van der Waals surface area contributed by atoms with Gasteiger partial charge in [0, 0.05) is 0 Å². The third-order valence-electron chi connectivity index (χ3n) is 0.441. The summed E-state index contributed by atoms with van der Waals surface area (Å²) >= 11 is 5.17. The maximum atomic E-state index is 10.0. The van der Waals surface area contributed by atoms with Gasteiger partial charge in [-0.2, -0.15) is 5.90 Å². The normalized spacial score (nSPS) is 13.0. The molecule has 0 spiro atoms. The van der Waals surface area contributed by atoms with Gasteiger partial charge in [0.15, 0.2) is 0 Å². The average Bonchev–Trinajstić information content (AvgIpc) is 1.65. The van der Waals surface area contributed by atoms with E-state index in [-0.39, 0.29) is 0 Å². The Bertz CT molecular complexity index is 73.3. The molecular weight excluding hydrogens is 117 g/mol. The predicted octanol–water partition coefficient (Wildman–Crippen LogP) is 0.0306. The highest BCUT2D eigenvalue weighted by Gasteiger charge is 2.07. The van der Waals surface area contributed by atoms with E-state index in [2.05, 4.69) is 10.7 Å². The third-order valence-corrected chi connectivity index (χ3v) is 0.619. The summed E-state index contributed by atoms with van der Waals surface area (Å²) in [6.07, 6.45) is 0. The van der Waals surface area contributed by atoms with E-state index in [1.54, 1.807) is 0 Å². The van der Waals surface area contributed by atoms with Gasteiger partial charge < -0.3 is 4.84 Å². The molecule has 3 nitrogen and oxygen atoms in total. The van der Waals surface area contributed by atoms with Crippen molar-refractivity contribution in [3.8, 4) is 0 Å². The van der Waals surface area contributed by atoms with Crippen LogP contribution >= 0.6 is 11.6 Å². The molecule has 0 aromatic heterocycles. The fraction of sp³-hybridized carbons (Fsp3) is 0.667. The van der Waals surface area contributed by atoms with Gasteiger partial charge >= 0.3 is 5.97 Å². The molecule has 0 aromatic carbocycles. The second kappa shape index (κ2) is 2.82. The van der Waals surface area contributed by atoms with Crippen molar-refractivity contribution in [2.75, 3.05) is 0 Å². The van der Waals surface area contributed by atoms with Crippen LogP contribution in [0.5, 0.6) is 0 Å². The molecule has 0 saturated carbocycles. The van der Waals surface area contributed by atoms with E-state index < -0.39 is 11.3 Å². The van der Waals surface area contributed by atoms with Crippen molar-refractivity contribution in [1.29, 1.82) is 0 Å². The van der Waals surface area contributed by atoms with Crippen LogP contribution in [0.15, 0.2) is 0 Å². The number of halogens is 1. The van der Waals surface area contributed by atoms with Gasteiger partial charge in [0.2, 0.25) is 0 Å². The van der Waals surface area contributed by atoms with Crippen molar-refractivity contribution in [3.63, 3.8) is 0 Å². The average molecular weight is 124 g/mol.